The summed E-state index contributed by atoms with van der Waals surface area (Å²) in [4.78, 5) is 0. The number of rotatable bonds is 3. The van der Waals surface area contributed by atoms with Crippen LogP contribution in [0, 0.1) is 5.41 Å². The first-order chi connectivity index (χ1) is 5.36. The van der Waals surface area contributed by atoms with E-state index in [4.69, 9.17) is 10.7 Å². The zero-order valence-corrected chi connectivity index (χ0v) is 7.84. The molecule has 0 aromatic rings. The quantitative estimate of drug-likeness (QED) is 0.679. The van der Waals surface area contributed by atoms with E-state index in [-0.39, 0.29) is 12.8 Å². The minimum Gasteiger partial charge on any atom is -0.212 e. The molecular weight excluding hydrogens is 210 g/mol. The Bertz CT molecular complexity index is 259. The van der Waals surface area contributed by atoms with E-state index in [0.717, 1.165) is 0 Å². The van der Waals surface area contributed by atoms with Crippen molar-refractivity contribution < 1.29 is 17.2 Å². The van der Waals surface area contributed by atoms with Crippen LogP contribution in [0.15, 0.2) is 0 Å². The topological polar surface area (TPSA) is 34.1 Å². The predicted octanol–water partition coefficient (Wildman–Crippen LogP) is 1.99. The third-order valence-electron chi connectivity index (χ3n) is 2.27. The van der Waals surface area contributed by atoms with Crippen molar-refractivity contribution in [1.29, 1.82) is 0 Å². The Labute approximate surface area is 74.3 Å². The molecule has 0 saturated heterocycles. The van der Waals surface area contributed by atoms with E-state index < -0.39 is 26.6 Å². The summed E-state index contributed by atoms with van der Waals surface area (Å²) in [5, 5.41) is 0. The number of hydrogen-bond acceptors (Lipinski definition) is 2. The van der Waals surface area contributed by atoms with Crippen molar-refractivity contribution in [3.05, 3.63) is 0 Å². The highest BCUT2D eigenvalue weighted by Gasteiger charge is 2.48. The Morgan fingerprint density at radius 2 is 1.92 bits per heavy atom. The fourth-order valence-corrected chi connectivity index (χ4v) is 3.15. The Kier molecular flexibility index (Phi) is 2.63. The summed E-state index contributed by atoms with van der Waals surface area (Å²) in [6, 6.07) is 0. The van der Waals surface area contributed by atoms with Gasteiger partial charge < -0.3 is 0 Å². The molecule has 0 amide bonds. The second-order valence-electron chi connectivity index (χ2n) is 3.20. The summed E-state index contributed by atoms with van der Waals surface area (Å²) >= 11 is 0. The highest BCUT2D eigenvalue weighted by atomic mass is 35.7. The Balaban J connectivity index is 2.70. The molecule has 0 aliphatic heterocycles. The molecule has 0 aromatic carbocycles. The molecule has 0 N–H and O–H groups in total. The van der Waals surface area contributed by atoms with Gasteiger partial charge in [-0.3, -0.25) is 0 Å². The summed E-state index contributed by atoms with van der Waals surface area (Å²) < 4.78 is 45.8. The molecule has 12 heavy (non-hydrogen) atoms. The van der Waals surface area contributed by atoms with Crippen molar-refractivity contribution in [2.75, 3.05) is 5.75 Å². The lowest BCUT2D eigenvalue weighted by Gasteiger charge is -2.39. The minimum absolute atomic E-state index is 0.261. The molecule has 0 heterocycles. The molecule has 6 heteroatoms. The Morgan fingerprint density at radius 1 is 1.42 bits per heavy atom. The molecule has 1 rings (SSSR count). The van der Waals surface area contributed by atoms with Gasteiger partial charge in [0.1, 0.15) is 0 Å². The molecule has 1 aliphatic carbocycles. The van der Waals surface area contributed by atoms with Crippen LogP contribution in [0.2, 0.25) is 0 Å². The predicted molar refractivity (Wildman–Crippen MR) is 41.9 cm³/mol. The van der Waals surface area contributed by atoms with Gasteiger partial charge in [-0.05, 0) is 12.8 Å². The van der Waals surface area contributed by atoms with Crippen LogP contribution in [0.25, 0.3) is 0 Å². The van der Waals surface area contributed by atoms with Crippen LogP contribution in [-0.2, 0) is 9.05 Å². The lowest BCUT2D eigenvalue weighted by Crippen LogP contribution is -2.41. The molecule has 1 saturated carbocycles. The van der Waals surface area contributed by atoms with Crippen molar-refractivity contribution in [1.82, 2.24) is 0 Å². The van der Waals surface area contributed by atoms with Gasteiger partial charge in [-0.25, -0.2) is 17.2 Å². The third kappa shape index (κ3) is 2.07. The Hall–Kier alpha value is 0.1000. The van der Waals surface area contributed by atoms with E-state index in [1.54, 1.807) is 0 Å². The summed E-state index contributed by atoms with van der Waals surface area (Å²) in [5.41, 5.74) is -1.35. The highest BCUT2D eigenvalue weighted by molar-refractivity contribution is 8.13. The zero-order valence-electron chi connectivity index (χ0n) is 6.26. The van der Waals surface area contributed by atoms with Crippen LogP contribution in [0.3, 0.4) is 0 Å². The molecular formula is C6H9ClF2O2S. The maximum absolute atomic E-state index is 12.3. The maximum Gasteiger partial charge on any atom is 0.245 e. The third-order valence-corrected chi connectivity index (χ3v) is 3.52. The fraction of sp³-hybridized carbons (Fsp3) is 1.00. The molecule has 1 fully saturated rings. The highest BCUT2D eigenvalue weighted by Crippen LogP contribution is 2.47. The van der Waals surface area contributed by atoms with Crippen LogP contribution in [0.4, 0.5) is 8.78 Å². The van der Waals surface area contributed by atoms with E-state index in [1.165, 1.54) is 0 Å². The molecule has 0 unspecified atom stereocenters. The SMILES string of the molecule is O=S(=O)(Cl)CC1(C(F)F)CCC1. The minimum atomic E-state index is -3.80. The molecule has 2 nitrogen and oxygen atoms in total. The van der Waals surface area contributed by atoms with Gasteiger partial charge >= 0.3 is 0 Å². The van der Waals surface area contributed by atoms with E-state index in [9.17, 15) is 17.2 Å². The normalized spacial score (nSPS) is 22.3. The van der Waals surface area contributed by atoms with Gasteiger partial charge in [0.2, 0.25) is 15.5 Å². The second-order valence-corrected chi connectivity index (χ2v) is 5.98. The Morgan fingerprint density at radius 3 is 2.00 bits per heavy atom. The lowest BCUT2D eigenvalue weighted by molar-refractivity contribution is -0.0430. The van der Waals surface area contributed by atoms with Gasteiger partial charge in [0.05, 0.1) is 5.75 Å². The van der Waals surface area contributed by atoms with Gasteiger partial charge in [0, 0.05) is 16.1 Å². The molecule has 0 spiro atoms. The molecule has 0 radical (unpaired) electrons. The van der Waals surface area contributed by atoms with E-state index in [2.05, 4.69) is 0 Å². The van der Waals surface area contributed by atoms with Gasteiger partial charge in [0.25, 0.3) is 0 Å². The van der Waals surface area contributed by atoms with Crippen LogP contribution in [-0.4, -0.2) is 20.6 Å². The summed E-state index contributed by atoms with van der Waals surface area (Å²) in [6.07, 6.45) is -1.40. The summed E-state index contributed by atoms with van der Waals surface area (Å²) in [6.45, 7) is 0. The second kappa shape index (κ2) is 3.10. The summed E-state index contributed by atoms with van der Waals surface area (Å²) in [7, 11) is 1.12. The average molecular weight is 219 g/mol. The first-order valence-electron chi connectivity index (χ1n) is 3.56. The molecule has 0 aromatic heterocycles. The van der Waals surface area contributed by atoms with Crippen LogP contribution >= 0.6 is 10.7 Å². The molecule has 72 valence electrons. The van der Waals surface area contributed by atoms with Crippen LogP contribution in [0.1, 0.15) is 19.3 Å². The van der Waals surface area contributed by atoms with Crippen molar-refractivity contribution in [3.8, 4) is 0 Å². The monoisotopic (exact) mass is 218 g/mol. The molecule has 0 atom stereocenters. The van der Waals surface area contributed by atoms with Gasteiger partial charge in [-0.2, -0.15) is 0 Å². The molecule has 1 aliphatic rings. The van der Waals surface area contributed by atoms with Crippen LogP contribution in [0.5, 0.6) is 0 Å². The standard InChI is InChI=1S/C6H9ClF2O2S/c7-12(10,11)4-6(5(8)9)2-1-3-6/h5H,1-4H2. The molecule has 0 bridgehead atoms. The lowest BCUT2D eigenvalue weighted by atomic mass is 9.70. The zero-order chi connectivity index (χ0) is 9.41. The van der Waals surface area contributed by atoms with E-state index in [1.807, 2.05) is 0 Å². The van der Waals surface area contributed by atoms with E-state index in [0.29, 0.717) is 6.42 Å². The van der Waals surface area contributed by atoms with Gasteiger partial charge in [-0.15, -0.1) is 0 Å². The van der Waals surface area contributed by atoms with Crippen molar-refractivity contribution in [3.63, 3.8) is 0 Å². The number of halogens is 3. The largest absolute Gasteiger partial charge is 0.245 e. The number of alkyl halides is 2. The summed E-state index contributed by atoms with van der Waals surface area (Å²) in [5.74, 6) is -0.598. The first kappa shape index (κ1) is 10.2. The smallest absolute Gasteiger partial charge is 0.212 e. The first-order valence-corrected chi connectivity index (χ1v) is 6.04. The van der Waals surface area contributed by atoms with Gasteiger partial charge in [-0.1, -0.05) is 6.42 Å². The van der Waals surface area contributed by atoms with Crippen LogP contribution < -0.4 is 0 Å². The van der Waals surface area contributed by atoms with Crippen molar-refractivity contribution in [2.45, 2.75) is 25.7 Å². The maximum atomic E-state index is 12.3. The van der Waals surface area contributed by atoms with Gasteiger partial charge in [0.15, 0.2) is 0 Å². The fourth-order valence-electron chi connectivity index (χ4n) is 1.40. The van der Waals surface area contributed by atoms with E-state index >= 15 is 0 Å². The van der Waals surface area contributed by atoms with Crippen molar-refractivity contribution >= 4 is 19.7 Å². The average Bonchev–Trinajstić information content (AvgIpc) is 1.75. The van der Waals surface area contributed by atoms with Crippen molar-refractivity contribution in [2.24, 2.45) is 5.41 Å². The number of hydrogen-bond donors (Lipinski definition) is 0.